The summed E-state index contributed by atoms with van der Waals surface area (Å²) in [6.07, 6.45) is -4.69. The summed E-state index contributed by atoms with van der Waals surface area (Å²) in [6.45, 7) is 0.182. The van der Waals surface area contributed by atoms with Gasteiger partial charge in [-0.1, -0.05) is 65.8 Å². The average molecular weight is 441 g/mol. The molecule has 0 atom stereocenters. The van der Waals surface area contributed by atoms with E-state index in [1.807, 2.05) is 48.5 Å². The van der Waals surface area contributed by atoms with Gasteiger partial charge in [-0.05, 0) is 17.7 Å². The van der Waals surface area contributed by atoms with Crippen LogP contribution in [0.15, 0.2) is 91.5 Å². The van der Waals surface area contributed by atoms with E-state index in [-0.39, 0.29) is 12.4 Å². The van der Waals surface area contributed by atoms with Gasteiger partial charge in [0.25, 0.3) is 0 Å². The van der Waals surface area contributed by atoms with Crippen molar-refractivity contribution in [3.05, 3.63) is 84.3 Å². The summed E-state index contributed by atoms with van der Waals surface area (Å²) in [5.41, 5.74) is 2.97. The quantitative estimate of drug-likeness (QED) is 0.354. The van der Waals surface area contributed by atoms with Crippen LogP contribution >= 0.6 is 0 Å². The van der Waals surface area contributed by atoms with Gasteiger partial charge in [-0.25, -0.2) is 8.57 Å². The second-order valence-corrected chi connectivity index (χ2v) is 9.11. The van der Waals surface area contributed by atoms with Crippen molar-refractivity contribution in [1.82, 2.24) is 10.1 Å². The lowest BCUT2D eigenvalue weighted by atomic mass is 10.1. The Morgan fingerprint density at radius 1 is 0.871 bits per heavy atom. The monoisotopic (exact) mass is 441 g/mol. The van der Waals surface area contributed by atoms with Crippen molar-refractivity contribution >= 4 is 9.73 Å². The number of hydrogen-bond donors (Lipinski definition) is 0. The highest BCUT2D eigenvalue weighted by Crippen LogP contribution is 2.44. The second-order valence-electron chi connectivity index (χ2n) is 6.92. The normalized spacial score (nSPS) is 14.2. The Kier molecular flexibility index (Phi) is 4.44. The molecule has 0 fully saturated rings. The number of fused-ring (bicyclic) bond motifs is 3. The van der Waals surface area contributed by atoms with Crippen LogP contribution in [-0.2, 0) is 22.5 Å². The molecule has 0 bridgehead atoms. The summed E-state index contributed by atoms with van der Waals surface area (Å²) >= 11 is 0. The van der Waals surface area contributed by atoms with Gasteiger partial charge in [0, 0.05) is 16.7 Å². The maximum absolute atomic E-state index is 13.9. The Morgan fingerprint density at radius 3 is 2.00 bits per heavy atom. The summed E-state index contributed by atoms with van der Waals surface area (Å²) < 4.78 is 60.6. The number of rotatable bonds is 3. The van der Waals surface area contributed by atoms with Crippen LogP contribution in [0.1, 0.15) is 11.5 Å². The molecule has 0 N–H and O–H groups in total. The van der Waals surface area contributed by atoms with Gasteiger partial charge in [-0.15, -0.1) is 0 Å². The van der Waals surface area contributed by atoms with Gasteiger partial charge < -0.3 is 4.52 Å². The van der Waals surface area contributed by atoms with Gasteiger partial charge in [-0.2, -0.15) is 18.2 Å². The van der Waals surface area contributed by atoms with E-state index in [0.29, 0.717) is 15.4 Å². The molecule has 0 saturated heterocycles. The molecule has 0 radical (unpaired) electrons. The SMILES string of the molecule is O=S1(=NCc2ccc(-c3noc(C(F)(F)F)n3)cc2)c2ccccc2-c2ccccc21. The van der Waals surface area contributed by atoms with Crippen LogP contribution in [-0.4, -0.2) is 14.3 Å². The molecular formula is C22H14F3N3O2S. The Morgan fingerprint density at radius 2 is 1.45 bits per heavy atom. The largest absolute Gasteiger partial charge is 0.471 e. The fourth-order valence-corrected chi connectivity index (χ4v) is 5.82. The van der Waals surface area contributed by atoms with Crippen LogP contribution < -0.4 is 0 Å². The molecule has 0 spiro atoms. The highest BCUT2D eigenvalue weighted by atomic mass is 32.2. The first-order valence-corrected chi connectivity index (χ1v) is 10.8. The highest BCUT2D eigenvalue weighted by molar-refractivity contribution is 7.94. The topological polar surface area (TPSA) is 68.3 Å². The highest BCUT2D eigenvalue weighted by Gasteiger charge is 2.38. The molecule has 31 heavy (non-hydrogen) atoms. The minimum Gasteiger partial charge on any atom is -0.329 e. The first-order valence-electron chi connectivity index (χ1n) is 9.28. The Labute approximate surface area is 175 Å². The molecule has 0 saturated carbocycles. The van der Waals surface area contributed by atoms with E-state index >= 15 is 0 Å². The number of hydrogen-bond acceptors (Lipinski definition) is 5. The molecule has 156 valence electrons. The Bertz CT molecular complexity index is 1350. The van der Waals surface area contributed by atoms with Gasteiger partial charge >= 0.3 is 12.1 Å². The van der Waals surface area contributed by atoms with Crippen molar-refractivity contribution in [2.75, 3.05) is 0 Å². The van der Waals surface area contributed by atoms with Crippen LogP contribution in [0.4, 0.5) is 13.2 Å². The zero-order valence-corrected chi connectivity index (χ0v) is 16.7. The minimum atomic E-state index is -4.69. The molecule has 0 unspecified atom stereocenters. The maximum Gasteiger partial charge on any atom is 0.471 e. The summed E-state index contributed by atoms with van der Waals surface area (Å²) in [6, 6.07) is 21.6. The minimum absolute atomic E-state index is 0.152. The van der Waals surface area contributed by atoms with Gasteiger partial charge in [0.1, 0.15) is 9.73 Å². The van der Waals surface area contributed by atoms with Crippen molar-refractivity contribution in [2.45, 2.75) is 22.5 Å². The molecule has 0 amide bonds. The third-order valence-corrected chi connectivity index (χ3v) is 7.37. The first-order chi connectivity index (χ1) is 14.9. The zero-order chi connectivity index (χ0) is 21.6. The van der Waals surface area contributed by atoms with Crippen molar-refractivity contribution < 1.29 is 21.9 Å². The van der Waals surface area contributed by atoms with Crippen LogP contribution in [0.25, 0.3) is 22.5 Å². The summed E-state index contributed by atoms with van der Waals surface area (Å²) in [4.78, 5) is 4.77. The van der Waals surface area contributed by atoms with E-state index in [9.17, 15) is 17.4 Å². The smallest absolute Gasteiger partial charge is 0.329 e. The number of halogens is 3. The zero-order valence-electron chi connectivity index (χ0n) is 15.8. The first kappa shape index (κ1) is 19.5. The van der Waals surface area contributed by atoms with Gasteiger partial charge in [0.2, 0.25) is 5.82 Å². The standard InChI is InChI=1S/C22H14F3N3O2S/c23-22(24,25)21-27-20(28-30-21)15-11-9-14(10-12-15)13-26-31(29)18-7-3-1-5-16(18)17-6-2-4-8-19(17)31/h1-12H,13H2. The average Bonchev–Trinajstić information content (AvgIpc) is 3.37. The molecule has 3 aromatic carbocycles. The predicted octanol–water partition coefficient (Wildman–Crippen LogP) is 5.82. The molecule has 1 aliphatic heterocycles. The third kappa shape index (κ3) is 3.31. The number of nitrogens with zero attached hydrogens (tertiary/aromatic N) is 3. The molecule has 4 aromatic rings. The van der Waals surface area contributed by atoms with E-state index in [1.54, 1.807) is 24.3 Å². The van der Waals surface area contributed by atoms with E-state index in [1.165, 1.54) is 0 Å². The van der Waals surface area contributed by atoms with Crippen molar-refractivity contribution in [2.24, 2.45) is 4.36 Å². The van der Waals surface area contributed by atoms with Crippen LogP contribution in [0.2, 0.25) is 0 Å². The van der Waals surface area contributed by atoms with Gasteiger partial charge in [-0.3, -0.25) is 0 Å². The lowest BCUT2D eigenvalue weighted by molar-refractivity contribution is -0.159. The summed E-state index contributed by atoms with van der Waals surface area (Å²) in [5.74, 6) is -1.54. The third-order valence-electron chi connectivity index (χ3n) is 4.97. The molecule has 9 heteroatoms. The Hall–Kier alpha value is -3.46. The van der Waals surface area contributed by atoms with E-state index in [2.05, 4.69) is 19.0 Å². The Balaban J connectivity index is 1.46. The maximum atomic E-state index is 13.9. The molecule has 0 aliphatic carbocycles. The molecule has 1 aromatic heterocycles. The molecule has 1 aliphatic rings. The molecular weight excluding hydrogens is 427 g/mol. The number of benzene rings is 3. The van der Waals surface area contributed by atoms with Crippen molar-refractivity contribution in [3.8, 4) is 22.5 Å². The number of aromatic nitrogens is 2. The van der Waals surface area contributed by atoms with Crippen LogP contribution in [0.5, 0.6) is 0 Å². The molecule has 5 rings (SSSR count). The molecule has 2 heterocycles. The lowest BCUT2D eigenvalue weighted by Crippen LogP contribution is -2.04. The lowest BCUT2D eigenvalue weighted by Gasteiger charge is -2.06. The van der Waals surface area contributed by atoms with Crippen molar-refractivity contribution in [3.63, 3.8) is 0 Å². The van der Waals surface area contributed by atoms with Crippen LogP contribution in [0, 0.1) is 0 Å². The van der Waals surface area contributed by atoms with E-state index in [4.69, 9.17) is 0 Å². The second kappa shape index (κ2) is 7.05. The fourth-order valence-electron chi connectivity index (χ4n) is 3.50. The van der Waals surface area contributed by atoms with Crippen LogP contribution in [0.3, 0.4) is 0 Å². The fraction of sp³-hybridized carbons (Fsp3) is 0.0909. The van der Waals surface area contributed by atoms with E-state index < -0.39 is 21.8 Å². The predicted molar refractivity (Wildman–Crippen MR) is 107 cm³/mol. The van der Waals surface area contributed by atoms with Gasteiger partial charge in [0.15, 0.2) is 0 Å². The van der Waals surface area contributed by atoms with Gasteiger partial charge in [0.05, 0.1) is 16.3 Å². The number of alkyl halides is 3. The summed E-state index contributed by atoms with van der Waals surface area (Å²) in [5, 5.41) is 3.38. The van der Waals surface area contributed by atoms with Crippen molar-refractivity contribution in [1.29, 1.82) is 0 Å². The van der Waals surface area contributed by atoms with E-state index in [0.717, 1.165) is 16.7 Å². The summed E-state index contributed by atoms with van der Waals surface area (Å²) in [7, 11) is -2.79. The molecule has 5 nitrogen and oxygen atoms in total.